The summed E-state index contributed by atoms with van der Waals surface area (Å²) in [6.45, 7) is 14.5. The van der Waals surface area contributed by atoms with Crippen LogP contribution < -0.4 is 0 Å². The Hall–Kier alpha value is 1.39. The van der Waals surface area contributed by atoms with Crippen LogP contribution in [0.1, 0.15) is 0 Å². The van der Waals surface area contributed by atoms with Gasteiger partial charge < -0.3 is 0 Å². The third-order valence-corrected chi connectivity index (χ3v) is 17.2. The van der Waals surface area contributed by atoms with Crippen LogP contribution in [0.15, 0.2) is 0 Å². The summed E-state index contributed by atoms with van der Waals surface area (Å²) in [4.78, 5) is 0. The molecule has 0 fully saturated rings. The Bertz CT molecular complexity index is 128. The molecule has 12 heavy (non-hydrogen) atoms. The van der Waals surface area contributed by atoms with Crippen LogP contribution in [0.25, 0.3) is 0 Å². The number of rotatable bonds is 3. The molecule has 0 aromatic rings. The summed E-state index contributed by atoms with van der Waals surface area (Å²) in [6, 6.07) is 0. The van der Waals surface area contributed by atoms with Gasteiger partial charge in [0.1, 0.15) is 0 Å². The monoisotopic (exact) mass is 330 g/mol. The lowest BCUT2D eigenvalue weighted by Gasteiger charge is -2.34. The first-order valence-corrected chi connectivity index (χ1v) is 13.3. The second-order valence-electron chi connectivity index (χ2n) is 5.54. The zero-order valence-electron chi connectivity index (χ0n) is 8.91. The van der Waals surface area contributed by atoms with Gasteiger partial charge in [-0.3, -0.25) is 0 Å². The van der Waals surface area contributed by atoms with Crippen LogP contribution >= 0.6 is 31.9 Å². The molecule has 0 heterocycles. The molecular formula is C8H20Br2Si2. The minimum atomic E-state index is -1.03. The molecule has 2 atom stereocenters. The van der Waals surface area contributed by atoms with Gasteiger partial charge >= 0.3 is 0 Å². The van der Waals surface area contributed by atoms with Crippen molar-refractivity contribution in [1.29, 1.82) is 0 Å². The molecule has 0 aromatic carbocycles. The van der Waals surface area contributed by atoms with Crippen molar-refractivity contribution in [3.8, 4) is 0 Å². The predicted molar refractivity (Wildman–Crippen MR) is 72.1 cm³/mol. The second kappa shape index (κ2) is 4.28. The van der Waals surface area contributed by atoms with E-state index in [2.05, 4.69) is 71.1 Å². The zero-order chi connectivity index (χ0) is 10.2. The normalized spacial score (nSPS) is 19.0. The molecule has 0 aliphatic heterocycles. The SMILES string of the molecule is C[Si](C)(C)C(Br)C(Br)[Si](C)(C)C. The summed E-state index contributed by atoms with van der Waals surface area (Å²) < 4.78 is 1.41. The van der Waals surface area contributed by atoms with Crippen LogP contribution in [0.5, 0.6) is 0 Å². The van der Waals surface area contributed by atoms with E-state index >= 15 is 0 Å². The molecule has 0 amide bonds. The highest BCUT2D eigenvalue weighted by Crippen LogP contribution is 2.30. The first kappa shape index (κ1) is 13.4. The molecule has 4 heteroatoms. The average molecular weight is 332 g/mol. The van der Waals surface area contributed by atoms with E-state index in [0.29, 0.717) is 8.90 Å². The molecule has 0 N–H and O–H groups in total. The standard InChI is InChI=1S/C8H20Br2Si2/c1-11(2,3)7(9)8(10)12(4,5)6/h7-8H,1-6H3. The van der Waals surface area contributed by atoms with Gasteiger partial charge in [0.15, 0.2) is 0 Å². The molecule has 0 rings (SSSR count). The molecule has 0 saturated carbocycles. The minimum absolute atomic E-state index is 0.705. The minimum Gasteiger partial charge on any atom is -0.0916 e. The molecule has 0 nitrogen and oxygen atoms in total. The molecule has 0 aromatic heterocycles. The lowest BCUT2D eigenvalue weighted by Crippen LogP contribution is -2.49. The fourth-order valence-electron chi connectivity index (χ4n) is 0.878. The lowest BCUT2D eigenvalue weighted by molar-refractivity contribution is 1.21. The van der Waals surface area contributed by atoms with Crippen molar-refractivity contribution in [3.05, 3.63) is 0 Å². The maximum atomic E-state index is 3.85. The van der Waals surface area contributed by atoms with E-state index in [-0.39, 0.29) is 0 Å². The van der Waals surface area contributed by atoms with Gasteiger partial charge in [0.2, 0.25) is 0 Å². The van der Waals surface area contributed by atoms with Crippen molar-refractivity contribution in [2.75, 3.05) is 0 Å². The van der Waals surface area contributed by atoms with Crippen molar-refractivity contribution >= 4 is 48.0 Å². The molecule has 74 valence electrons. The van der Waals surface area contributed by atoms with E-state index in [1.165, 1.54) is 0 Å². The molecule has 0 bridgehead atoms. The van der Waals surface area contributed by atoms with Crippen molar-refractivity contribution in [1.82, 2.24) is 0 Å². The van der Waals surface area contributed by atoms with E-state index < -0.39 is 16.1 Å². The highest BCUT2D eigenvalue weighted by Gasteiger charge is 2.37. The molecule has 0 spiro atoms. The fraction of sp³-hybridized carbons (Fsp3) is 1.00. The number of alkyl halides is 2. The number of hydrogen-bond acceptors (Lipinski definition) is 0. The quantitative estimate of drug-likeness (QED) is 0.535. The predicted octanol–water partition coefficient (Wildman–Crippen LogP) is 4.27. The number of halogens is 2. The van der Waals surface area contributed by atoms with Crippen LogP contribution in [0.2, 0.25) is 39.3 Å². The molecule has 0 aliphatic rings. The van der Waals surface area contributed by atoms with Crippen LogP contribution in [-0.4, -0.2) is 25.0 Å². The zero-order valence-corrected chi connectivity index (χ0v) is 14.1. The third-order valence-electron chi connectivity index (χ3n) is 1.91. The van der Waals surface area contributed by atoms with Gasteiger partial charge in [-0.15, -0.1) is 0 Å². The highest BCUT2D eigenvalue weighted by molar-refractivity contribution is 9.13. The van der Waals surface area contributed by atoms with Gasteiger partial charge in [0.25, 0.3) is 0 Å². The molecular weight excluding hydrogens is 312 g/mol. The van der Waals surface area contributed by atoms with Crippen LogP contribution in [-0.2, 0) is 0 Å². The van der Waals surface area contributed by atoms with Gasteiger partial charge in [-0.1, -0.05) is 71.1 Å². The Morgan fingerprint density at radius 1 is 0.667 bits per heavy atom. The van der Waals surface area contributed by atoms with Crippen molar-refractivity contribution < 1.29 is 0 Å². The lowest BCUT2D eigenvalue weighted by atomic mass is 10.9. The van der Waals surface area contributed by atoms with E-state index in [9.17, 15) is 0 Å². The average Bonchev–Trinajstić information content (AvgIpc) is 1.80. The summed E-state index contributed by atoms with van der Waals surface area (Å²) in [5, 5.41) is 0. The molecule has 0 radical (unpaired) electrons. The first-order valence-electron chi connectivity index (χ1n) is 4.35. The van der Waals surface area contributed by atoms with Gasteiger partial charge in [-0.05, 0) is 0 Å². The summed E-state index contributed by atoms with van der Waals surface area (Å²) in [5.74, 6) is 0. The largest absolute Gasteiger partial charge is 0.0916 e. The summed E-state index contributed by atoms with van der Waals surface area (Å²) in [7, 11) is -2.06. The third kappa shape index (κ3) is 4.07. The summed E-state index contributed by atoms with van der Waals surface area (Å²) in [6.07, 6.45) is 0. The van der Waals surface area contributed by atoms with E-state index in [1.807, 2.05) is 0 Å². The Morgan fingerprint density at radius 3 is 0.917 bits per heavy atom. The van der Waals surface area contributed by atoms with E-state index in [4.69, 9.17) is 0 Å². The van der Waals surface area contributed by atoms with Crippen molar-refractivity contribution in [2.24, 2.45) is 0 Å². The van der Waals surface area contributed by atoms with E-state index in [1.54, 1.807) is 0 Å². The van der Waals surface area contributed by atoms with Crippen LogP contribution in [0, 0.1) is 0 Å². The van der Waals surface area contributed by atoms with Gasteiger partial charge in [0, 0.05) is 8.90 Å². The molecule has 0 aliphatic carbocycles. The Kier molecular flexibility index (Phi) is 4.77. The van der Waals surface area contributed by atoms with Crippen molar-refractivity contribution in [3.63, 3.8) is 0 Å². The maximum absolute atomic E-state index is 3.85. The topological polar surface area (TPSA) is 0 Å². The molecule has 0 saturated heterocycles. The molecule has 2 unspecified atom stereocenters. The smallest absolute Gasteiger partial charge is 0.0606 e. The van der Waals surface area contributed by atoms with Crippen LogP contribution in [0.4, 0.5) is 0 Å². The summed E-state index contributed by atoms with van der Waals surface area (Å²) in [5.41, 5.74) is 0. The summed E-state index contributed by atoms with van der Waals surface area (Å²) >= 11 is 7.70. The Labute approximate surface area is 95.8 Å². The maximum Gasteiger partial charge on any atom is 0.0606 e. The fourth-order valence-corrected chi connectivity index (χ4v) is 10.4. The number of hydrogen-bond donors (Lipinski definition) is 0. The Balaban J connectivity index is 4.41. The van der Waals surface area contributed by atoms with Crippen LogP contribution in [0.3, 0.4) is 0 Å². The Morgan fingerprint density at radius 2 is 0.833 bits per heavy atom. The second-order valence-corrected chi connectivity index (χ2v) is 19.9. The van der Waals surface area contributed by atoms with Crippen molar-refractivity contribution in [2.45, 2.75) is 48.2 Å². The highest BCUT2D eigenvalue weighted by atomic mass is 79.9. The van der Waals surface area contributed by atoms with E-state index in [0.717, 1.165) is 0 Å². The first-order chi connectivity index (χ1) is 5.07. The van der Waals surface area contributed by atoms with Gasteiger partial charge in [-0.25, -0.2) is 0 Å². The van der Waals surface area contributed by atoms with Gasteiger partial charge in [0.05, 0.1) is 16.1 Å². The van der Waals surface area contributed by atoms with Gasteiger partial charge in [-0.2, -0.15) is 0 Å².